The minimum atomic E-state index is -3.47. The third-order valence-corrected chi connectivity index (χ3v) is 8.62. The van der Waals surface area contributed by atoms with Crippen molar-refractivity contribution >= 4 is 32.8 Å². The lowest BCUT2D eigenvalue weighted by Gasteiger charge is -2.31. The van der Waals surface area contributed by atoms with Gasteiger partial charge in [0.05, 0.1) is 17.4 Å². The molecule has 2 aliphatic rings. The number of aryl methyl sites for hydroxylation is 1. The Kier molecular flexibility index (Phi) is 7.38. The molecule has 1 aromatic carbocycles. The van der Waals surface area contributed by atoms with E-state index in [-0.39, 0.29) is 17.8 Å². The predicted molar refractivity (Wildman–Crippen MR) is 125 cm³/mol. The first-order valence-corrected chi connectivity index (χ1v) is 13.4. The lowest BCUT2D eigenvalue weighted by Crippen LogP contribution is -2.40. The highest BCUT2D eigenvalue weighted by molar-refractivity contribution is 7.89. The highest BCUT2D eigenvalue weighted by atomic mass is 32.2. The van der Waals surface area contributed by atoms with Crippen LogP contribution in [0.2, 0.25) is 0 Å². The second kappa shape index (κ2) is 10.3. The zero-order valence-electron chi connectivity index (χ0n) is 19.2. The fourth-order valence-electron chi connectivity index (χ4n) is 4.79. The summed E-state index contributed by atoms with van der Waals surface area (Å²) in [6.45, 7) is 5.03. The molecule has 0 atom stereocenters. The average Bonchev–Trinajstić information content (AvgIpc) is 3.25. The molecule has 0 bridgehead atoms. The molecule has 0 saturated carbocycles. The zero-order valence-corrected chi connectivity index (χ0v) is 20.1. The van der Waals surface area contributed by atoms with E-state index in [2.05, 4.69) is 0 Å². The van der Waals surface area contributed by atoms with Gasteiger partial charge in [0.2, 0.25) is 15.9 Å². The Morgan fingerprint density at radius 2 is 1.76 bits per heavy atom. The minimum Gasteiger partial charge on any atom is -0.466 e. The number of sulfonamides is 1. The Bertz CT molecular complexity index is 1100. The van der Waals surface area contributed by atoms with Crippen molar-refractivity contribution in [3.8, 4) is 0 Å². The van der Waals surface area contributed by atoms with Crippen LogP contribution < -0.4 is 0 Å². The van der Waals surface area contributed by atoms with Crippen molar-refractivity contribution < 1.29 is 22.7 Å². The summed E-state index contributed by atoms with van der Waals surface area (Å²) in [5.41, 5.74) is 0.918. The van der Waals surface area contributed by atoms with Crippen molar-refractivity contribution in [1.82, 2.24) is 13.8 Å². The van der Waals surface area contributed by atoms with Gasteiger partial charge in [0, 0.05) is 56.2 Å². The summed E-state index contributed by atoms with van der Waals surface area (Å²) in [5.74, 6) is -0.202. The SMILES string of the molecule is CCOC(=O)C1CCN(C(=O)CCn2ccc3cc(S(=O)(=O)N4CCCCC4)ccc32)CC1. The van der Waals surface area contributed by atoms with Crippen molar-refractivity contribution in [2.45, 2.75) is 56.9 Å². The molecular formula is C24H33N3O5S. The van der Waals surface area contributed by atoms with Crippen molar-refractivity contribution in [3.63, 3.8) is 0 Å². The summed E-state index contributed by atoms with van der Waals surface area (Å²) in [6, 6.07) is 7.14. The van der Waals surface area contributed by atoms with Crippen LogP contribution in [0.4, 0.5) is 0 Å². The predicted octanol–water partition coefficient (Wildman–Crippen LogP) is 3.01. The van der Waals surface area contributed by atoms with Crippen LogP contribution in [0.5, 0.6) is 0 Å². The average molecular weight is 476 g/mol. The maximum Gasteiger partial charge on any atom is 0.309 e. The van der Waals surface area contributed by atoms with Gasteiger partial charge < -0.3 is 14.2 Å². The number of likely N-dealkylation sites (tertiary alicyclic amines) is 1. The minimum absolute atomic E-state index is 0.0726. The number of fused-ring (bicyclic) bond motifs is 1. The normalized spacial score (nSPS) is 18.5. The molecule has 2 aromatic rings. The molecule has 2 saturated heterocycles. The number of amides is 1. The molecule has 33 heavy (non-hydrogen) atoms. The Balaban J connectivity index is 1.36. The number of nitrogens with zero attached hydrogens (tertiary/aromatic N) is 3. The van der Waals surface area contributed by atoms with E-state index in [0.29, 0.717) is 63.5 Å². The fourth-order valence-corrected chi connectivity index (χ4v) is 6.34. The third-order valence-electron chi connectivity index (χ3n) is 6.73. The number of carbonyl (C=O) groups excluding carboxylic acids is 2. The molecule has 4 rings (SSSR count). The van der Waals surface area contributed by atoms with E-state index >= 15 is 0 Å². The molecule has 2 aliphatic heterocycles. The molecule has 1 amide bonds. The molecule has 3 heterocycles. The van der Waals surface area contributed by atoms with Crippen molar-refractivity contribution in [1.29, 1.82) is 0 Å². The molecule has 0 aliphatic carbocycles. The summed E-state index contributed by atoms with van der Waals surface area (Å²) in [7, 11) is -3.47. The van der Waals surface area contributed by atoms with E-state index in [1.807, 2.05) is 27.8 Å². The molecule has 2 fully saturated rings. The van der Waals surface area contributed by atoms with Crippen molar-refractivity contribution in [3.05, 3.63) is 30.5 Å². The first-order chi connectivity index (χ1) is 15.9. The maximum absolute atomic E-state index is 13.0. The van der Waals surface area contributed by atoms with Gasteiger partial charge in [-0.05, 0) is 56.9 Å². The van der Waals surface area contributed by atoms with Gasteiger partial charge in [-0.2, -0.15) is 4.31 Å². The molecule has 9 heteroatoms. The molecule has 1 aromatic heterocycles. The Morgan fingerprint density at radius 1 is 1.03 bits per heavy atom. The number of piperidine rings is 2. The summed E-state index contributed by atoms with van der Waals surface area (Å²) in [4.78, 5) is 26.7. The summed E-state index contributed by atoms with van der Waals surface area (Å²) in [6.07, 6.45) is 6.45. The zero-order chi connectivity index (χ0) is 23.4. The van der Waals surface area contributed by atoms with Crippen LogP contribution in [0, 0.1) is 5.92 Å². The highest BCUT2D eigenvalue weighted by Crippen LogP contribution is 2.25. The van der Waals surface area contributed by atoms with Crippen LogP contribution in [-0.4, -0.2) is 66.9 Å². The number of rotatable bonds is 7. The number of hydrogen-bond donors (Lipinski definition) is 0. The van der Waals surface area contributed by atoms with E-state index in [1.165, 1.54) is 0 Å². The van der Waals surface area contributed by atoms with Crippen LogP contribution >= 0.6 is 0 Å². The first-order valence-electron chi connectivity index (χ1n) is 11.9. The molecule has 0 spiro atoms. The van der Waals surface area contributed by atoms with Crippen LogP contribution in [0.1, 0.15) is 45.4 Å². The van der Waals surface area contributed by atoms with E-state index in [0.717, 1.165) is 30.2 Å². The number of ether oxygens (including phenoxy) is 1. The fraction of sp³-hybridized carbons (Fsp3) is 0.583. The molecular weight excluding hydrogens is 442 g/mol. The van der Waals surface area contributed by atoms with Gasteiger partial charge in [-0.15, -0.1) is 0 Å². The second-order valence-electron chi connectivity index (χ2n) is 8.85. The second-order valence-corrected chi connectivity index (χ2v) is 10.8. The Hall–Kier alpha value is -2.39. The van der Waals surface area contributed by atoms with Gasteiger partial charge in [0.15, 0.2) is 0 Å². The quantitative estimate of drug-likeness (QED) is 0.575. The maximum atomic E-state index is 13.0. The van der Waals surface area contributed by atoms with Crippen molar-refractivity contribution in [2.24, 2.45) is 5.92 Å². The lowest BCUT2D eigenvalue weighted by molar-refractivity contribution is -0.151. The Labute approximate surface area is 195 Å². The third kappa shape index (κ3) is 5.24. The summed E-state index contributed by atoms with van der Waals surface area (Å²) >= 11 is 0. The number of aromatic nitrogens is 1. The van der Waals surface area contributed by atoms with Gasteiger partial charge in [-0.1, -0.05) is 6.42 Å². The van der Waals surface area contributed by atoms with Crippen LogP contribution in [0.3, 0.4) is 0 Å². The number of carbonyl (C=O) groups is 2. The number of benzene rings is 1. The standard InChI is InChI=1S/C24H33N3O5S/c1-2-32-24(29)19-8-15-26(16-9-19)23(28)11-17-25-14-10-20-18-21(6-7-22(20)25)33(30,31)27-12-4-3-5-13-27/h6-7,10,14,18-19H,2-5,8-9,11-13,15-17H2,1H3. The molecule has 180 valence electrons. The van der Waals surface area contributed by atoms with E-state index in [1.54, 1.807) is 23.4 Å². The van der Waals surface area contributed by atoms with Gasteiger partial charge in [0.25, 0.3) is 0 Å². The van der Waals surface area contributed by atoms with Crippen LogP contribution in [-0.2, 0) is 30.9 Å². The molecule has 8 nitrogen and oxygen atoms in total. The first kappa shape index (κ1) is 23.8. The van der Waals surface area contributed by atoms with Gasteiger partial charge in [-0.3, -0.25) is 9.59 Å². The van der Waals surface area contributed by atoms with E-state index in [4.69, 9.17) is 4.74 Å². The highest BCUT2D eigenvalue weighted by Gasteiger charge is 2.28. The molecule has 0 N–H and O–H groups in total. The summed E-state index contributed by atoms with van der Waals surface area (Å²) < 4.78 is 34.6. The number of hydrogen-bond acceptors (Lipinski definition) is 5. The topological polar surface area (TPSA) is 88.9 Å². The van der Waals surface area contributed by atoms with Crippen LogP contribution in [0.15, 0.2) is 35.4 Å². The molecule has 0 unspecified atom stereocenters. The van der Waals surface area contributed by atoms with Gasteiger partial charge in [0.1, 0.15) is 0 Å². The van der Waals surface area contributed by atoms with Crippen molar-refractivity contribution in [2.75, 3.05) is 32.8 Å². The van der Waals surface area contributed by atoms with Gasteiger partial charge in [-0.25, -0.2) is 8.42 Å². The van der Waals surface area contributed by atoms with E-state index in [9.17, 15) is 18.0 Å². The summed E-state index contributed by atoms with van der Waals surface area (Å²) in [5, 5.41) is 0.857. The van der Waals surface area contributed by atoms with Gasteiger partial charge >= 0.3 is 5.97 Å². The number of esters is 1. The monoisotopic (exact) mass is 475 g/mol. The van der Waals surface area contributed by atoms with Crippen LogP contribution in [0.25, 0.3) is 10.9 Å². The smallest absolute Gasteiger partial charge is 0.309 e. The largest absolute Gasteiger partial charge is 0.466 e. The molecule has 0 radical (unpaired) electrons. The Morgan fingerprint density at radius 3 is 2.45 bits per heavy atom. The van der Waals surface area contributed by atoms with E-state index < -0.39 is 10.0 Å². The lowest BCUT2D eigenvalue weighted by atomic mass is 9.97.